The van der Waals surface area contributed by atoms with Crippen molar-refractivity contribution >= 4 is 20.8 Å². The molecule has 1 heterocycles. The summed E-state index contributed by atoms with van der Waals surface area (Å²) >= 11 is 0. The molecule has 0 saturated heterocycles. The second-order valence-corrected chi connectivity index (χ2v) is 8.30. The van der Waals surface area contributed by atoms with Gasteiger partial charge in [0.25, 0.3) is 0 Å². The van der Waals surface area contributed by atoms with Crippen molar-refractivity contribution < 1.29 is 8.42 Å². The van der Waals surface area contributed by atoms with Gasteiger partial charge in [-0.25, -0.2) is 8.42 Å². The molecule has 0 atom stereocenters. The Hall–Kier alpha value is -2.18. The van der Waals surface area contributed by atoms with Gasteiger partial charge in [0.2, 0.25) is 10.0 Å². The summed E-state index contributed by atoms with van der Waals surface area (Å²) in [6.45, 7) is 4.32. The van der Waals surface area contributed by atoms with Crippen molar-refractivity contribution in [1.82, 2.24) is 14.1 Å². The summed E-state index contributed by atoms with van der Waals surface area (Å²) in [5, 5.41) is 6.42. The number of benzene rings is 2. The summed E-state index contributed by atoms with van der Waals surface area (Å²) < 4.78 is 29.2. The molecule has 132 valence electrons. The first-order chi connectivity index (χ1) is 11.8. The average molecular weight is 357 g/mol. The number of sulfonamides is 1. The van der Waals surface area contributed by atoms with Crippen molar-refractivity contribution in [2.24, 2.45) is 7.05 Å². The molecule has 0 aliphatic carbocycles. The van der Waals surface area contributed by atoms with Crippen LogP contribution in [0.1, 0.15) is 23.9 Å². The third-order valence-electron chi connectivity index (χ3n) is 4.69. The minimum atomic E-state index is -3.56. The van der Waals surface area contributed by atoms with Gasteiger partial charge in [-0.15, -0.1) is 0 Å². The first-order valence-electron chi connectivity index (χ1n) is 8.31. The van der Waals surface area contributed by atoms with Crippen LogP contribution < -0.4 is 0 Å². The number of rotatable bonds is 5. The minimum Gasteiger partial charge on any atom is -0.272 e. The van der Waals surface area contributed by atoms with Crippen molar-refractivity contribution in [1.29, 1.82) is 0 Å². The molecule has 1 aromatic heterocycles. The van der Waals surface area contributed by atoms with Crippen LogP contribution in [-0.2, 0) is 30.0 Å². The Morgan fingerprint density at radius 3 is 2.48 bits per heavy atom. The van der Waals surface area contributed by atoms with Gasteiger partial charge in [-0.1, -0.05) is 37.3 Å². The van der Waals surface area contributed by atoms with Gasteiger partial charge in [-0.05, 0) is 36.2 Å². The number of hydrogen-bond donors (Lipinski definition) is 0. The molecule has 3 aromatic rings. The molecule has 0 unspecified atom stereocenters. The van der Waals surface area contributed by atoms with Crippen LogP contribution in [0, 0.1) is 6.92 Å². The van der Waals surface area contributed by atoms with Gasteiger partial charge in [-0.2, -0.15) is 9.40 Å². The molecule has 3 rings (SSSR count). The molecule has 0 radical (unpaired) electrons. The highest BCUT2D eigenvalue weighted by Gasteiger charge is 2.24. The van der Waals surface area contributed by atoms with E-state index in [1.807, 2.05) is 55.9 Å². The lowest BCUT2D eigenvalue weighted by Crippen LogP contribution is -2.27. The lowest BCUT2D eigenvalue weighted by molar-refractivity contribution is 0.464. The molecule has 0 aliphatic rings. The number of aryl methyl sites for hydroxylation is 2. The number of nitrogens with zero attached hydrogens (tertiary/aromatic N) is 3. The minimum absolute atomic E-state index is 0.313. The van der Waals surface area contributed by atoms with E-state index in [4.69, 9.17) is 0 Å². The Balaban J connectivity index is 1.96. The average Bonchev–Trinajstić information content (AvgIpc) is 2.88. The number of fused-ring (bicyclic) bond motifs is 1. The fourth-order valence-electron chi connectivity index (χ4n) is 3.03. The molecular weight excluding hydrogens is 334 g/mol. The summed E-state index contributed by atoms with van der Waals surface area (Å²) in [5.41, 5.74) is 2.93. The Bertz CT molecular complexity index is 1020. The Kier molecular flexibility index (Phi) is 4.67. The summed E-state index contributed by atoms with van der Waals surface area (Å²) in [6.07, 6.45) is 0.779. The molecule has 0 spiro atoms. The van der Waals surface area contributed by atoms with E-state index in [0.717, 1.165) is 34.1 Å². The van der Waals surface area contributed by atoms with E-state index in [1.165, 1.54) is 4.31 Å². The van der Waals surface area contributed by atoms with Crippen molar-refractivity contribution in [3.8, 4) is 0 Å². The van der Waals surface area contributed by atoms with Crippen molar-refractivity contribution in [3.05, 3.63) is 59.4 Å². The van der Waals surface area contributed by atoms with Crippen molar-refractivity contribution in [3.63, 3.8) is 0 Å². The van der Waals surface area contributed by atoms with Crippen molar-refractivity contribution in [2.75, 3.05) is 7.05 Å². The van der Waals surface area contributed by atoms with Crippen LogP contribution in [-0.4, -0.2) is 29.6 Å². The molecule has 0 bridgehead atoms. The molecule has 0 aliphatic heterocycles. The number of aromatic nitrogens is 2. The first kappa shape index (κ1) is 17.6. The van der Waals surface area contributed by atoms with Gasteiger partial charge in [0, 0.05) is 31.9 Å². The topological polar surface area (TPSA) is 55.2 Å². The largest absolute Gasteiger partial charge is 0.272 e. The molecule has 0 fully saturated rings. The van der Waals surface area contributed by atoms with Gasteiger partial charge in [0.15, 0.2) is 0 Å². The van der Waals surface area contributed by atoms with E-state index in [1.54, 1.807) is 19.2 Å². The van der Waals surface area contributed by atoms with Gasteiger partial charge in [0.1, 0.15) is 0 Å². The highest BCUT2D eigenvalue weighted by Crippen LogP contribution is 2.24. The van der Waals surface area contributed by atoms with Gasteiger partial charge < -0.3 is 0 Å². The third kappa shape index (κ3) is 3.19. The first-order valence-corrected chi connectivity index (χ1v) is 9.75. The predicted octanol–water partition coefficient (Wildman–Crippen LogP) is 3.26. The zero-order valence-electron chi connectivity index (χ0n) is 15.0. The Morgan fingerprint density at radius 2 is 1.80 bits per heavy atom. The molecule has 0 amide bonds. The highest BCUT2D eigenvalue weighted by molar-refractivity contribution is 7.89. The van der Waals surface area contributed by atoms with Crippen LogP contribution in [0.25, 0.3) is 10.8 Å². The monoisotopic (exact) mass is 357 g/mol. The maximum absolute atomic E-state index is 13.0. The van der Waals surface area contributed by atoms with Gasteiger partial charge in [0.05, 0.1) is 10.6 Å². The smallest absolute Gasteiger partial charge is 0.243 e. The third-order valence-corrected chi connectivity index (χ3v) is 6.49. The molecule has 25 heavy (non-hydrogen) atoms. The molecule has 0 saturated carbocycles. The zero-order valence-corrected chi connectivity index (χ0v) is 15.8. The van der Waals surface area contributed by atoms with E-state index in [9.17, 15) is 8.42 Å². The Labute approximate surface area is 148 Å². The standard InChI is InChI=1S/C19H23N3O2S/c1-5-19-18(14(2)22(4)20-19)13-21(3)25(23,24)17-11-10-15-8-6-7-9-16(15)12-17/h6-12H,5,13H2,1-4H3. The van der Waals surface area contributed by atoms with Crippen LogP contribution in [0.5, 0.6) is 0 Å². The van der Waals surface area contributed by atoms with E-state index < -0.39 is 10.0 Å². The van der Waals surface area contributed by atoms with E-state index in [-0.39, 0.29) is 0 Å². The maximum atomic E-state index is 13.0. The fraction of sp³-hybridized carbons (Fsp3) is 0.316. The highest BCUT2D eigenvalue weighted by atomic mass is 32.2. The van der Waals surface area contributed by atoms with Crippen LogP contribution in [0.4, 0.5) is 0 Å². The van der Waals surface area contributed by atoms with Crippen LogP contribution in [0.3, 0.4) is 0 Å². The lowest BCUT2D eigenvalue weighted by atomic mass is 10.1. The predicted molar refractivity (Wildman–Crippen MR) is 99.9 cm³/mol. The maximum Gasteiger partial charge on any atom is 0.243 e. The molecular formula is C19H23N3O2S. The van der Waals surface area contributed by atoms with E-state index in [2.05, 4.69) is 5.10 Å². The molecule has 0 N–H and O–H groups in total. The lowest BCUT2D eigenvalue weighted by Gasteiger charge is -2.18. The van der Waals surface area contributed by atoms with E-state index >= 15 is 0 Å². The normalized spacial score (nSPS) is 12.2. The zero-order chi connectivity index (χ0) is 18.2. The second-order valence-electron chi connectivity index (χ2n) is 6.26. The fourth-order valence-corrected chi connectivity index (χ4v) is 4.20. The summed E-state index contributed by atoms with van der Waals surface area (Å²) in [6, 6.07) is 13.0. The number of hydrogen-bond acceptors (Lipinski definition) is 3. The summed E-state index contributed by atoms with van der Waals surface area (Å²) in [4.78, 5) is 0.313. The second kappa shape index (κ2) is 6.61. The van der Waals surface area contributed by atoms with Crippen molar-refractivity contribution in [2.45, 2.75) is 31.7 Å². The quantitative estimate of drug-likeness (QED) is 0.704. The van der Waals surface area contributed by atoms with Crippen LogP contribution >= 0.6 is 0 Å². The molecule has 6 heteroatoms. The Morgan fingerprint density at radius 1 is 1.12 bits per heavy atom. The summed E-state index contributed by atoms with van der Waals surface area (Å²) in [5.74, 6) is 0. The van der Waals surface area contributed by atoms with Gasteiger partial charge in [-0.3, -0.25) is 4.68 Å². The van der Waals surface area contributed by atoms with E-state index in [0.29, 0.717) is 11.4 Å². The molecule has 2 aromatic carbocycles. The molecule has 5 nitrogen and oxygen atoms in total. The summed E-state index contributed by atoms with van der Waals surface area (Å²) in [7, 11) is -0.0586. The van der Waals surface area contributed by atoms with Gasteiger partial charge >= 0.3 is 0 Å². The van der Waals surface area contributed by atoms with Crippen LogP contribution in [0.15, 0.2) is 47.4 Å². The van der Waals surface area contributed by atoms with Crippen LogP contribution in [0.2, 0.25) is 0 Å². The SMILES string of the molecule is CCc1nn(C)c(C)c1CN(C)S(=O)(=O)c1ccc2ccccc2c1.